The minimum atomic E-state index is -0.328. The monoisotopic (exact) mass is 295 g/mol. The lowest BCUT2D eigenvalue weighted by atomic mass is 9.84. The van der Waals surface area contributed by atoms with E-state index in [-0.39, 0.29) is 5.60 Å². The van der Waals surface area contributed by atoms with Crippen molar-refractivity contribution in [3.8, 4) is 0 Å². The van der Waals surface area contributed by atoms with E-state index in [9.17, 15) is 0 Å². The van der Waals surface area contributed by atoms with Crippen LogP contribution in [0.15, 0.2) is 4.52 Å². The van der Waals surface area contributed by atoms with Crippen LogP contribution in [0.4, 0.5) is 0 Å². The van der Waals surface area contributed by atoms with Crippen LogP contribution in [-0.4, -0.2) is 29.8 Å². The lowest BCUT2D eigenvalue weighted by Gasteiger charge is -2.32. The summed E-state index contributed by atoms with van der Waals surface area (Å²) in [5.74, 6) is 1.98. The first-order valence-corrected chi connectivity index (χ1v) is 8.23. The summed E-state index contributed by atoms with van der Waals surface area (Å²) in [4.78, 5) is 4.64. The summed E-state index contributed by atoms with van der Waals surface area (Å²) in [6, 6.07) is 0.369. The van der Waals surface area contributed by atoms with Gasteiger partial charge in [-0.3, -0.25) is 0 Å². The highest BCUT2D eigenvalue weighted by molar-refractivity contribution is 5.04. The number of methoxy groups -OCH3 is 1. The molecule has 5 heteroatoms. The molecule has 0 saturated heterocycles. The van der Waals surface area contributed by atoms with Crippen LogP contribution in [0.5, 0.6) is 0 Å². The third-order valence-electron chi connectivity index (χ3n) is 4.59. The molecule has 0 radical (unpaired) electrons. The standard InChI is InChI=1S/C16H29N3O2/c1-5-17-13(12(2)3)11-14-18-15(19-21-14)16(20-4)9-7-6-8-10-16/h12-13,17H,5-11H2,1-4H3. The average molecular weight is 295 g/mol. The van der Waals surface area contributed by atoms with Gasteiger partial charge in [0.1, 0.15) is 5.60 Å². The Hall–Kier alpha value is -0.940. The Labute approximate surface area is 127 Å². The van der Waals surface area contributed by atoms with Gasteiger partial charge in [-0.2, -0.15) is 4.98 Å². The Morgan fingerprint density at radius 2 is 2.00 bits per heavy atom. The summed E-state index contributed by atoms with van der Waals surface area (Å²) >= 11 is 0. The van der Waals surface area contributed by atoms with E-state index in [1.54, 1.807) is 7.11 Å². The second-order valence-corrected chi connectivity index (χ2v) is 6.38. The zero-order chi connectivity index (χ0) is 15.3. The summed E-state index contributed by atoms with van der Waals surface area (Å²) in [5.41, 5.74) is -0.328. The molecule has 1 unspecified atom stereocenters. The Morgan fingerprint density at radius 1 is 1.29 bits per heavy atom. The van der Waals surface area contributed by atoms with E-state index in [4.69, 9.17) is 9.26 Å². The normalized spacial score (nSPS) is 19.9. The molecule has 1 N–H and O–H groups in total. The van der Waals surface area contributed by atoms with Gasteiger partial charge in [-0.15, -0.1) is 0 Å². The van der Waals surface area contributed by atoms with Crippen molar-refractivity contribution in [1.82, 2.24) is 15.5 Å². The molecule has 5 nitrogen and oxygen atoms in total. The quantitative estimate of drug-likeness (QED) is 0.837. The highest BCUT2D eigenvalue weighted by Crippen LogP contribution is 2.38. The Morgan fingerprint density at radius 3 is 2.57 bits per heavy atom. The highest BCUT2D eigenvalue weighted by Gasteiger charge is 2.38. The van der Waals surface area contributed by atoms with Crippen molar-refractivity contribution in [1.29, 1.82) is 0 Å². The molecule has 1 aliphatic rings. The fourth-order valence-corrected chi connectivity index (χ4v) is 3.16. The first kappa shape index (κ1) is 16.4. The van der Waals surface area contributed by atoms with Crippen molar-refractivity contribution in [2.24, 2.45) is 5.92 Å². The Balaban J connectivity index is 2.09. The molecule has 0 bridgehead atoms. The van der Waals surface area contributed by atoms with Gasteiger partial charge in [0.25, 0.3) is 0 Å². The SMILES string of the molecule is CCNC(Cc1nc(C2(OC)CCCCC2)no1)C(C)C. The number of nitrogens with zero attached hydrogens (tertiary/aromatic N) is 2. The summed E-state index contributed by atoms with van der Waals surface area (Å²) in [6.45, 7) is 7.49. The van der Waals surface area contributed by atoms with Gasteiger partial charge in [-0.05, 0) is 25.3 Å². The second-order valence-electron chi connectivity index (χ2n) is 6.38. The van der Waals surface area contributed by atoms with Crippen molar-refractivity contribution < 1.29 is 9.26 Å². The van der Waals surface area contributed by atoms with Crippen LogP contribution in [0.2, 0.25) is 0 Å². The van der Waals surface area contributed by atoms with Crippen molar-refractivity contribution in [3.63, 3.8) is 0 Å². The smallest absolute Gasteiger partial charge is 0.228 e. The van der Waals surface area contributed by atoms with Crippen LogP contribution in [0.1, 0.15) is 64.6 Å². The molecule has 0 amide bonds. The zero-order valence-electron chi connectivity index (χ0n) is 13.8. The number of hydrogen-bond acceptors (Lipinski definition) is 5. The zero-order valence-corrected chi connectivity index (χ0v) is 13.8. The largest absolute Gasteiger partial charge is 0.370 e. The molecule has 1 saturated carbocycles. The molecule has 120 valence electrons. The summed E-state index contributed by atoms with van der Waals surface area (Å²) < 4.78 is 11.3. The first-order chi connectivity index (χ1) is 10.1. The van der Waals surface area contributed by atoms with E-state index in [1.165, 1.54) is 19.3 Å². The first-order valence-electron chi connectivity index (χ1n) is 8.23. The van der Waals surface area contributed by atoms with Gasteiger partial charge >= 0.3 is 0 Å². The van der Waals surface area contributed by atoms with Gasteiger partial charge < -0.3 is 14.6 Å². The van der Waals surface area contributed by atoms with Crippen molar-refractivity contribution in [3.05, 3.63) is 11.7 Å². The molecular weight excluding hydrogens is 266 g/mol. The molecule has 21 heavy (non-hydrogen) atoms. The predicted molar refractivity (Wildman–Crippen MR) is 82.1 cm³/mol. The average Bonchev–Trinajstić information content (AvgIpc) is 2.96. The van der Waals surface area contributed by atoms with Crippen LogP contribution >= 0.6 is 0 Å². The fourth-order valence-electron chi connectivity index (χ4n) is 3.16. The topological polar surface area (TPSA) is 60.2 Å². The summed E-state index contributed by atoms with van der Waals surface area (Å²) in [6.07, 6.45) is 6.37. The minimum absolute atomic E-state index is 0.328. The lowest BCUT2D eigenvalue weighted by molar-refractivity contribution is -0.0527. The van der Waals surface area contributed by atoms with Crippen molar-refractivity contribution >= 4 is 0 Å². The summed E-state index contributed by atoms with van der Waals surface area (Å²) in [5, 5.41) is 7.70. The Kier molecular flexibility index (Phi) is 5.76. The van der Waals surface area contributed by atoms with Gasteiger partial charge in [-0.25, -0.2) is 0 Å². The van der Waals surface area contributed by atoms with Crippen LogP contribution in [0, 0.1) is 5.92 Å². The molecule has 1 aliphatic carbocycles. The molecule has 2 rings (SSSR count). The Bertz CT molecular complexity index is 425. The van der Waals surface area contributed by atoms with Gasteiger partial charge in [0.05, 0.1) is 0 Å². The molecule has 1 aromatic heterocycles. The molecule has 1 aromatic rings. The maximum Gasteiger partial charge on any atom is 0.228 e. The molecule has 0 spiro atoms. The predicted octanol–water partition coefficient (Wildman–Crippen LogP) is 3.05. The van der Waals surface area contributed by atoms with Gasteiger partial charge in [0.2, 0.25) is 11.7 Å². The minimum Gasteiger partial charge on any atom is -0.370 e. The molecule has 1 atom stereocenters. The number of aromatic nitrogens is 2. The van der Waals surface area contributed by atoms with E-state index in [0.717, 1.165) is 31.6 Å². The maximum atomic E-state index is 5.78. The van der Waals surface area contributed by atoms with Crippen LogP contribution < -0.4 is 5.32 Å². The van der Waals surface area contributed by atoms with Crippen molar-refractivity contribution in [2.45, 2.75) is 70.9 Å². The van der Waals surface area contributed by atoms with Gasteiger partial charge in [-0.1, -0.05) is 45.2 Å². The van der Waals surface area contributed by atoms with E-state index in [1.807, 2.05) is 0 Å². The van der Waals surface area contributed by atoms with Crippen LogP contribution in [0.3, 0.4) is 0 Å². The second kappa shape index (κ2) is 7.36. The van der Waals surface area contributed by atoms with Gasteiger partial charge in [0, 0.05) is 19.6 Å². The van der Waals surface area contributed by atoms with E-state index < -0.39 is 0 Å². The maximum absolute atomic E-state index is 5.78. The lowest BCUT2D eigenvalue weighted by Crippen LogP contribution is -2.36. The molecule has 1 fully saturated rings. The number of rotatable bonds is 7. The molecule has 1 heterocycles. The van der Waals surface area contributed by atoms with Crippen molar-refractivity contribution in [2.75, 3.05) is 13.7 Å². The van der Waals surface area contributed by atoms with Crippen LogP contribution in [-0.2, 0) is 16.8 Å². The van der Waals surface area contributed by atoms with E-state index in [2.05, 4.69) is 36.2 Å². The third-order valence-corrected chi connectivity index (χ3v) is 4.59. The number of nitrogens with one attached hydrogen (secondary N) is 1. The fraction of sp³-hybridized carbons (Fsp3) is 0.875. The third kappa shape index (κ3) is 3.83. The van der Waals surface area contributed by atoms with Gasteiger partial charge in [0.15, 0.2) is 0 Å². The van der Waals surface area contributed by atoms with Crippen LogP contribution in [0.25, 0.3) is 0 Å². The molecule has 0 aliphatic heterocycles. The number of likely N-dealkylation sites (N-methyl/N-ethyl adjacent to an activating group) is 1. The highest BCUT2D eigenvalue weighted by atomic mass is 16.5. The molecular formula is C16H29N3O2. The van der Waals surface area contributed by atoms with E-state index >= 15 is 0 Å². The number of ether oxygens (including phenoxy) is 1. The summed E-state index contributed by atoms with van der Waals surface area (Å²) in [7, 11) is 1.76. The molecule has 0 aromatic carbocycles. The van der Waals surface area contributed by atoms with E-state index in [0.29, 0.717) is 17.9 Å². The number of hydrogen-bond donors (Lipinski definition) is 1.